The molecule has 0 aromatic heterocycles. The molecule has 2 unspecified atom stereocenters. The van der Waals surface area contributed by atoms with E-state index in [1.165, 1.54) is 0 Å². The molecule has 2 aliphatic rings. The van der Waals surface area contributed by atoms with Crippen molar-refractivity contribution in [1.82, 2.24) is 4.90 Å². The molecule has 2 atom stereocenters. The first-order chi connectivity index (χ1) is 7.38. The Morgan fingerprint density at radius 3 is 2.87 bits per heavy atom. The van der Waals surface area contributed by atoms with Crippen LogP contribution in [0, 0.1) is 0 Å². The van der Waals surface area contributed by atoms with Gasteiger partial charge in [-0.2, -0.15) is 0 Å². The molecule has 1 aromatic carbocycles. The van der Waals surface area contributed by atoms with Gasteiger partial charge < -0.3 is 9.64 Å². The van der Waals surface area contributed by atoms with Crippen LogP contribution in [0.2, 0.25) is 0 Å². The Labute approximate surface area is 88.6 Å². The predicted octanol–water partition coefficient (Wildman–Crippen LogP) is 1.01. The fourth-order valence-electron chi connectivity index (χ4n) is 2.46. The number of hydrogen-bond donors (Lipinski definition) is 0. The second-order valence-corrected chi connectivity index (χ2v) is 4.06. The van der Waals surface area contributed by atoms with Crippen molar-refractivity contribution in [1.29, 1.82) is 0 Å². The average molecular weight is 203 g/mol. The normalized spacial score (nSPS) is 29.6. The first kappa shape index (κ1) is 8.92. The number of nitrogens with zero attached hydrogens (tertiary/aromatic N) is 1. The molecule has 1 amide bonds. The first-order valence-corrected chi connectivity index (χ1v) is 5.31. The molecule has 0 aliphatic carbocycles. The van der Waals surface area contributed by atoms with Crippen molar-refractivity contribution in [3.63, 3.8) is 0 Å². The minimum atomic E-state index is 0.0338. The Kier molecular flexibility index (Phi) is 1.99. The van der Waals surface area contributed by atoms with Gasteiger partial charge in [-0.1, -0.05) is 30.3 Å². The zero-order chi connectivity index (χ0) is 10.3. The standard InChI is InChI=1S/C12H13NO2/c14-12-11(9-4-2-1-3-5-9)10-8-15-7-6-13(10)12/h1-5,10-11H,6-8H2. The number of hydrogen-bond acceptors (Lipinski definition) is 2. The summed E-state index contributed by atoms with van der Waals surface area (Å²) in [5.41, 5.74) is 1.12. The van der Waals surface area contributed by atoms with Gasteiger partial charge >= 0.3 is 0 Å². The lowest BCUT2D eigenvalue weighted by atomic mass is 9.81. The van der Waals surface area contributed by atoms with Gasteiger partial charge in [0.1, 0.15) is 0 Å². The zero-order valence-corrected chi connectivity index (χ0v) is 8.43. The molecule has 2 aliphatic heterocycles. The fraction of sp³-hybridized carbons (Fsp3) is 0.417. The third-order valence-electron chi connectivity index (χ3n) is 3.26. The van der Waals surface area contributed by atoms with Gasteiger partial charge in [0, 0.05) is 6.54 Å². The van der Waals surface area contributed by atoms with Crippen molar-refractivity contribution < 1.29 is 9.53 Å². The van der Waals surface area contributed by atoms with Gasteiger partial charge in [0.05, 0.1) is 25.2 Å². The van der Waals surface area contributed by atoms with Crippen LogP contribution in [0.15, 0.2) is 30.3 Å². The molecule has 0 N–H and O–H groups in total. The maximum atomic E-state index is 11.9. The van der Waals surface area contributed by atoms with Crippen molar-refractivity contribution in [3.05, 3.63) is 35.9 Å². The van der Waals surface area contributed by atoms with Gasteiger partial charge in [-0.25, -0.2) is 0 Å². The van der Waals surface area contributed by atoms with E-state index in [9.17, 15) is 4.79 Å². The Morgan fingerprint density at radius 2 is 2.07 bits per heavy atom. The summed E-state index contributed by atoms with van der Waals surface area (Å²) in [6, 6.07) is 10.3. The van der Waals surface area contributed by atoms with Crippen LogP contribution in [0.5, 0.6) is 0 Å². The molecule has 78 valence electrons. The zero-order valence-electron chi connectivity index (χ0n) is 8.43. The van der Waals surface area contributed by atoms with Crippen LogP contribution in [-0.2, 0) is 9.53 Å². The number of β-lactam (4-membered cyclic amide) rings is 1. The first-order valence-electron chi connectivity index (χ1n) is 5.31. The van der Waals surface area contributed by atoms with E-state index in [1.807, 2.05) is 35.2 Å². The predicted molar refractivity (Wildman–Crippen MR) is 55.5 cm³/mol. The molecular formula is C12H13NO2. The Morgan fingerprint density at radius 1 is 1.27 bits per heavy atom. The minimum Gasteiger partial charge on any atom is -0.377 e. The van der Waals surface area contributed by atoms with Gasteiger partial charge in [0.15, 0.2) is 0 Å². The summed E-state index contributed by atoms with van der Waals surface area (Å²) in [5, 5.41) is 0. The van der Waals surface area contributed by atoms with Crippen LogP contribution < -0.4 is 0 Å². The second kappa shape index (κ2) is 3.35. The quantitative estimate of drug-likeness (QED) is 0.637. The van der Waals surface area contributed by atoms with Crippen LogP contribution in [0.3, 0.4) is 0 Å². The fourth-order valence-corrected chi connectivity index (χ4v) is 2.46. The number of ether oxygens (including phenoxy) is 1. The van der Waals surface area contributed by atoms with Gasteiger partial charge in [-0.15, -0.1) is 0 Å². The third kappa shape index (κ3) is 1.27. The smallest absolute Gasteiger partial charge is 0.232 e. The maximum Gasteiger partial charge on any atom is 0.232 e. The van der Waals surface area contributed by atoms with E-state index in [-0.39, 0.29) is 17.9 Å². The molecule has 2 heterocycles. The summed E-state index contributed by atoms with van der Waals surface area (Å²) < 4.78 is 5.41. The minimum absolute atomic E-state index is 0.0338. The molecule has 1 aromatic rings. The number of fused-ring (bicyclic) bond motifs is 1. The second-order valence-electron chi connectivity index (χ2n) is 4.06. The van der Waals surface area contributed by atoms with Crippen molar-refractivity contribution in [3.8, 4) is 0 Å². The van der Waals surface area contributed by atoms with Gasteiger partial charge in [0.25, 0.3) is 0 Å². The summed E-state index contributed by atoms with van der Waals surface area (Å²) in [5.74, 6) is 0.293. The molecule has 0 spiro atoms. The van der Waals surface area contributed by atoms with Gasteiger partial charge in [-0.05, 0) is 5.56 Å². The van der Waals surface area contributed by atoms with Crippen LogP contribution in [0.4, 0.5) is 0 Å². The van der Waals surface area contributed by atoms with E-state index in [1.54, 1.807) is 0 Å². The molecule has 3 rings (SSSR count). The molecule has 0 radical (unpaired) electrons. The van der Waals surface area contributed by atoms with Crippen LogP contribution in [0.1, 0.15) is 11.5 Å². The van der Waals surface area contributed by atoms with Crippen LogP contribution >= 0.6 is 0 Å². The summed E-state index contributed by atoms with van der Waals surface area (Å²) >= 11 is 0. The maximum absolute atomic E-state index is 11.9. The SMILES string of the molecule is O=C1C(c2ccccc2)C2COCCN12. The molecule has 2 fully saturated rings. The number of rotatable bonds is 1. The molecule has 15 heavy (non-hydrogen) atoms. The van der Waals surface area contributed by atoms with Gasteiger partial charge in [-0.3, -0.25) is 4.79 Å². The topological polar surface area (TPSA) is 29.5 Å². The Balaban J connectivity index is 1.86. The molecule has 3 nitrogen and oxygen atoms in total. The Bertz CT molecular complexity index is 376. The highest BCUT2D eigenvalue weighted by Crippen LogP contribution is 2.36. The highest BCUT2D eigenvalue weighted by atomic mass is 16.5. The van der Waals surface area contributed by atoms with E-state index in [4.69, 9.17) is 4.74 Å². The number of amides is 1. The number of benzene rings is 1. The van der Waals surface area contributed by atoms with Crippen molar-refractivity contribution >= 4 is 5.91 Å². The van der Waals surface area contributed by atoms with E-state index in [0.717, 1.165) is 12.1 Å². The van der Waals surface area contributed by atoms with E-state index >= 15 is 0 Å². The molecular weight excluding hydrogens is 190 g/mol. The van der Waals surface area contributed by atoms with Crippen molar-refractivity contribution in [2.45, 2.75) is 12.0 Å². The molecule has 0 saturated carbocycles. The van der Waals surface area contributed by atoms with Crippen molar-refractivity contribution in [2.75, 3.05) is 19.8 Å². The number of carbonyl (C=O) groups is 1. The third-order valence-corrected chi connectivity index (χ3v) is 3.26. The highest BCUT2D eigenvalue weighted by Gasteiger charge is 2.49. The molecule has 2 saturated heterocycles. The lowest BCUT2D eigenvalue weighted by molar-refractivity contribution is -0.162. The van der Waals surface area contributed by atoms with E-state index in [0.29, 0.717) is 13.2 Å². The Hall–Kier alpha value is -1.35. The van der Waals surface area contributed by atoms with E-state index in [2.05, 4.69) is 0 Å². The lowest BCUT2D eigenvalue weighted by Crippen LogP contribution is -2.64. The van der Waals surface area contributed by atoms with Crippen LogP contribution in [-0.4, -0.2) is 36.6 Å². The summed E-state index contributed by atoms with van der Waals surface area (Å²) in [6.07, 6.45) is 0. The monoisotopic (exact) mass is 203 g/mol. The van der Waals surface area contributed by atoms with Gasteiger partial charge in [0.2, 0.25) is 5.91 Å². The summed E-state index contributed by atoms with van der Waals surface area (Å²) in [7, 11) is 0. The number of morpholine rings is 1. The summed E-state index contributed by atoms with van der Waals surface area (Å²) in [4.78, 5) is 13.8. The summed E-state index contributed by atoms with van der Waals surface area (Å²) in [6.45, 7) is 2.13. The van der Waals surface area contributed by atoms with Crippen molar-refractivity contribution in [2.24, 2.45) is 0 Å². The average Bonchev–Trinajstić information content (AvgIpc) is 2.30. The molecule has 3 heteroatoms. The van der Waals surface area contributed by atoms with Crippen LogP contribution in [0.25, 0.3) is 0 Å². The largest absolute Gasteiger partial charge is 0.377 e. The highest BCUT2D eigenvalue weighted by molar-refractivity contribution is 5.91. The number of carbonyl (C=O) groups excluding carboxylic acids is 1. The van der Waals surface area contributed by atoms with E-state index < -0.39 is 0 Å². The lowest BCUT2D eigenvalue weighted by Gasteiger charge is -2.49. The molecule has 0 bridgehead atoms.